The van der Waals surface area contributed by atoms with Crippen molar-refractivity contribution >= 4 is 34.0 Å². The standard InChI is InChI=1S/C54H34N6/c55-48-30-28-34-25-23-33-24-26-36(31-43(33)49(34)50(48)60-59-38-15-5-2-6-16-38)52-56-51(35-13-3-1-4-14-35)57-53(58-52)37-27-29-42-41-19-9-12-22-46(41)54(47(42)32-37)44-20-10-7-17-39(44)40-18-8-11-21-45(40)54/h1-32,55,59H/b55-48?,60-50+. The van der Waals surface area contributed by atoms with Crippen molar-refractivity contribution in [2.75, 3.05) is 5.43 Å². The maximum atomic E-state index is 8.93. The minimum absolute atomic E-state index is 0.335. The van der Waals surface area contributed by atoms with Gasteiger partial charge in [0, 0.05) is 22.3 Å². The second kappa shape index (κ2) is 13.2. The molecule has 12 rings (SSSR count). The Morgan fingerprint density at radius 2 is 0.967 bits per heavy atom. The van der Waals surface area contributed by atoms with E-state index in [4.69, 9.17) is 25.5 Å². The van der Waals surface area contributed by atoms with Crippen LogP contribution in [0.25, 0.3) is 73.3 Å². The lowest BCUT2D eigenvalue weighted by molar-refractivity contribution is 0.794. The summed E-state index contributed by atoms with van der Waals surface area (Å²) in [6.07, 6.45) is 3.79. The minimum atomic E-state index is -0.485. The van der Waals surface area contributed by atoms with Crippen LogP contribution in [0, 0.1) is 5.41 Å². The summed E-state index contributed by atoms with van der Waals surface area (Å²) < 4.78 is 0. The van der Waals surface area contributed by atoms with Crippen molar-refractivity contribution in [1.29, 1.82) is 5.41 Å². The van der Waals surface area contributed by atoms with E-state index in [1.165, 1.54) is 44.5 Å². The molecule has 0 fully saturated rings. The van der Waals surface area contributed by atoms with Gasteiger partial charge >= 0.3 is 0 Å². The number of hydrogen-bond donors (Lipinski definition) is 2. The summed E-state index contributed by atoms with van der Waals surface area (Å²) in [4.78, 5) is 15.6. The first-order valence-electron chi connectivity index (χ1n) is 20.1. The molecule has 0 saturated heterocycles. The quantitative estimate of drug-likeness (QED) is 0.171. The zero-order chi connectivity index (χ0) is 39.8. The lowest BCUT2D eigenvalue weighted by Gasteiger charge is -2.30. The first-order valence-corrected chi connectivity index (χ1v) is 20.1. The molecule has 1 spiro atoms. The number of para-hydroxylation sites is 1. The van der Waals surface area contributed by atoms with Crippen LogP contribution in [0.3, 0.4) is 0 Å². The highest BCUT2D eigenvalue weighted by atomic mass is 15.3. The van der Waals surface area contributed by atoms with Gasteiger partial charge in [0.1, 0.15) is 5.71 Å². The molecule has 0 bridgehead atoms. The van der Waals surface area contributed by atoms with Crippen LogP contribution < -0.4 is 5.43 Å². The van der Waals surface area contributed by atoms with Crippen LogP contribution in [-0.2, 0) is 5.41 Å². The third kappa shape index (κ3) is 5.04. The topological polar surface area (TPSA) is 86.9 Å². The summed E-state index contributed by atoms with van der Waals surface area (Å²) in [6, 6.07) is 63.7. The molecular weight excluding hydrogens is 733 g/mol. The average molecular weight is 767 g/mol. The Labute approximate surface area is 346 Å². The van der Waals surface area contributed by atoms with E-state index in [1.54, 1.807) is 6.08 Å². The smallest absolute Gasteiger partial charge is 0.164 e. The molecule has 2 N–H and O–H groups in total. The number of hydrazone groups is 1. The highest BCUT2D eigenvalue weighted by molar-refractivity contribution is 6.55. The Kier molecular flexibility index (Phi) is 7.50. The summed E-state index contributed by atoms with van der Waals surface area (Å²) in [7, 11) is 0. The second-order valence-electron chi connectivity index (χ2n) is 15.5. The fourth-order valence-electron chi connectivity index (χ4n) is 9.60. The lowest BCUT2D eigenvalue weighted by atomic mass is 9.70. The zero-order valence-corrected chi connectivity index (χ0v) is 32.3. The van der Waals surface area contributed by atoms with E-state index in [2.05, 4.69) is 127 Å². The van der Waals surface area contributed by atoms with Gasteiger partial charge in [0.25, 0.3) is 0 Å². The van der Waals surface area contributed by atoms with Gasteiger partial charge in [-0.05, 0) is 91.2 Å². The molecule has 60 heavy (non-hydrogen) atoms. The summed E-state index contributed by atoms with van der Waals surface area (Å²) >= 11 is 0. The van der Waals surface area contributed by atoms with Gasteiger partial charge in [0.2, 0.25) is 0 Å². The van der Waals surface area contributed by atoms with Crippen LogP contribution in [0.5, 0.6) is 0 Å². The summed E-state index contributed by atoms with van der Waals surface area (Å²) in [5.74, 6) is 1.76. The van der Waals surface area contributed by atoms with Crippen molar-refractivity contribution in [1.82, 2.24) is 15.0 Å². The van der Waals surface area contributed by atoms with E-state index in [0.717, 1.165) is 44.3 Å². The van der Waals surface area contributed by atoms with Gasteiger partial charge in [-0.25, -0.2) is 15.0 Å². The molecule has 9 aromatic rings. The molecule has 1 heterocycles. The number of nitrogens with one attached hydrogen (secondary N) is 2. The first-order chi connectivity index (χ1) is 29.6. The van der Waals surface area contributed by atoms with E-state index in [1.807, 2.05) is 66.7 Å². The van der Waals surface area contributed by atoms with Gasteiger partial charge in [0.15, 0.2) is 17.5 Å². The summed E-state index contributed by atoms with van der Waals surface area (Å²) in [6.45, 7) is 0. The van der Waals surface area contributed by atoms with E-state index >= 15 is 0 Å². The zero-order valence-electron chi connectivity index (χ0n) is 32.3. The predicted molar refractivity (Wildman–Crippen MR) is 243 cm³/mol. The first kappa shape index (κ1) is 34.0. The molecule has 6 nitrogen and oxygen atoms in total. The van der Waals surface area contributed by atoms with Crippen molar-refractivity contribution in [3.05, 3.63) is 221 Å². The molecule has 6 heteroatoms. The number of allylic oxidation sites excluding steroid dienone is 1. The molecule has 3 aliphatic rings. The van der Waals surface area contributed by atoms with Gasteiger partial charge in [-0.15, -0.1) is 0 Å². The van der Waals surface area contributed by atoms with E-state index < -0.39 is 5.41 Å². The molecule has 0 unspecified atom stereocenters. The molecule has 8 aromatic carbocycles. The average Bonchev–Trinajstić information content (AvgIpc) is 3.78. The minimum Gasteiger partial charge on any atom is -0.299 e. The van der Waals surface area contributed by atoms with Crippen LogP contribution in [0.15, 0.2) is 193 Å². The number of fused-ring (bicyclic) bond motifs is 13. The third-order valence-electron chi connectivity index (χ3n) is 12.2. The number of hydrogen-bond acceptors (Lipinski definition) is 6. The Morgan fingerprint density at radius 3 is 1.62 bits per heavy atom. The maximum absolute atomic E-state index is 8.93. The number of nitrogens with zero attached hydrogens (tertiary/aromatic N) is 4. The van der Waals surface area contributed by atoms with Crippen molar-refractivity contribution in [3.63, 3.8) is 0 Å². The lowest BCUT2D eigenvalue weighted by Crippen LogP contribution is -2.25. The molecule has 0 amide bonds. The predicted octanol–water partition coefficient (Wildman–Crippen LogP) is 12.2. The number of aromatic nitrogens is 3. The van der Waals surface area contributed by atoms with E-state index in [9.17, 15) is 0 Å². The number of benzene rings is 8. The van der Waals surface area contributed by atoms with E-state index in [0.29, 0.717) is 28.9 Å². The highest BCUT2D eigenvalue weighted by Crippen LogP contribution is 2.63. The van der Waals surface area contributed by atoms with E-state index in [-0.39, 0.29) is 0 Å². The molecule has 1 aromatic heterocycles. The largest absolute Gasteiger partial charge is 0.299 e. The number of rotatable bonds is 5. The Bertz CT molecular complexity index is 3250. The van der Waals surface area contributed by atoms with Gasteiger partial charge in [-0.2, -0.15) is 5.10 Å². The normalized spacial score (nSPS) is 14.5. The Hall–Kier alpha value is -8.09. The fourth-order valence-corrected chi connectivity index (χ4v) is 9.60. The van der Waals surface area contributed by atoms with Crippen molar-refractivity contribution in [2.24, 2.45) is 5.10 Å². The van der Waals surface area contributed by atoms with Crippen molar-refractivity contribution in [2.45, 2.75) is 5.41 Å². The van der Waals surface area contributed by atoms with Crippen LogP contribution >= 0.6 is 0 Å². The molecule has 3 aliphatic carbocycles. The van der Waals surface area contributed by atoms with Crippen LogP contribution in [0.2, 0.25) is 0 Å². The monoisotopic (exact) mass is 766 g/mol. The third-order valence-corrected chi connectivity index (χ3v) is 12.2. The SMILES string of the molecule is N=C1C=Cc2ccc3ccc(-c4nc(-c5ccccc5)nc(-c5ccc6c(c5)C5(c7ccccc7-c7ccccc75)c5ccccc5-6)n4)cc3c2/C1=N/Nc1ccccc1. The fraction of sp³-hybridized carbons (Fsp3) is 0.0185. The molecular formula is C54H34N6. The number of anilines is 1. The Balaban J connectivity index is 1.05. The molecule has 0 atom stereocenters. The molecule has 0 aliphatic heterocycles. The van der Waals surface area contributed by atoms with Crippen LogP contribution in [-0.4, -0.2) is 26.4 Å². The van der Waals surface area contributed by atoms with Gasteiger partial charge in [-0.1, -0.05) is 164 Å². The highest BCUT2D eigenvalue weighted by Gasteiger charge is 2.51. The van der Waals surface area contributed by atoms with Gasteiger partial charge < -0.3 is 0 Å². The van der Waals surface area contributed by atoms with Gasteiger partial charge in [-0.3, -0.25) is 10.8 Å². The second-order valence-corrected chi connectivity index (χ2v) is 15.5. The molecule has 280 valence electrons. The maximum Gasteiger partial charge on any atom is 0.164 e. The van der Waals surface area contributed by atoms with Crippen molar-refractivity contribution < 1.29 is 0 Å². The van der Waals surface area contributed by atoms with Crippen LogP contribution in [0.4, 0.5) is 5.69 Å². The molecule has 0 radical (unpaired) electrons. The summed E-state index contributed by atoms with van der Waals surface area (Å²) in [5, 5.41) is 15.7. The van der Waals surface area contributed by atoms with Crippen LogP contribution in [0.1, 0.15) is 33.4 Å². The molecule has 0 saturated carbocycles. The Morgan fingerprint density at radius 1 is 0.450 bits per heavy atom. The van der Waals surface area contributed by atoms with Crippen molar-refractivity contribution in [3.8, 4) is 56.4 Å². The summed E-state index contributed by atoms with van der Waals surface area (Å²) in [5.41, 5.74) is 19.1. The van der Waals surface area contributed by atoms with Gasteiger partial charge in [0.05, 0.1) is 16.8 Å².